The SMILES string of the molecule is Nc1ccc(C(F)(F)F)cc1N(N)OC(=O)On1nnc2ccc(C(F)(F)F)cc21. The Labute approximate surface area is 162 Å². The number of hydrazine groups is 1. The molecule has 4 N–H and O–H groups in total. The van der Waals surface area contributed by atoms with Gasteiger partial charge in [0.1, 0.15) is 16.7 Å². The Morgan fingerprint density at radius 2 is 1.60 bits per heavy atom. The summed E-state index contributed by atoms with van der Waals surface area (Å²) in [6.45, 7) is 0. The van der Waals surface area contributed by atoms with E-state index in [2.05, 4.69) is 20.0 Å². The molecule has 3 rings (SSSR count). The van der Waals surface area contributed by atoms with E-state index >= 15 is 0 Å². The van der Waals surface area contributed by atoms with Gasteiger partial charge in [-0.15, -0.1) is 10.3 Å². The highest BCUT2D eigenvalue weighted by Gasteiger charge is 2.32. The number of hydrogen-bond acceptors (Lipinski definition) is 8. The Kier molecular flexibility index (Phi) is 5.07. The van der Waals surface area contributed by atoms with E-state index in [1.54, 1.807) is 0 Å². The van der Waals surface area contributed by atoms with E-state index in [4.69, 9.17) is 11.6 Å². The summed E-state index contributed by atoms with van der Waals surface area (Å²) in [6.07, 6.45) is -11.0. The highest BCUT2D eigenvalue weighted by molar-refractivity contribution is 5.76. The van der Waals surface area contributed by atoms with Gasteiger partial charge in [-0.1, -0.05) is 4.85 Å². The van der Waals surface area contributed by atoms with Crippen LogP contribution in [0.2, 0.25) is 0 Å². The van der Waals surface area contributed by atoms with E-state index in [1.165, 1.54) is 0 Å². The molecule has 1 heterocycles. The lowest BCUT2D eigenvalue weighted by molar-refractivity contribution is -0.138. The molecule has 30 heavy (non-hydrogen) atoms. The average Bonchev–Trinajstić information content (AvgIpc) is 3.02. The van der Waals surface area contributed by atoms with Crippen molar-refractivity contribution < 1.29 is 40.8 Å². The van der Waals surface area contributed by atoms with Crippen molar-refractivity contribution in [2.75, 3.05) is 10.9 Å². The number of benzene rings is 2. The van der Waals surface area contributed by atoms with Gasteiger partial charge in [-0.25, -0.2) is 5.84 Å². The minimum absolute atomic E-state index is 0.0393. The second-order valence-electron chi connectivity index (χ2n) is 5.69. The van der Waals surface area contributed by atoms with Crippen molar-refractivity contribution >= 4 is 28.6 Å². The minimum Gasteiger partial charge on any atom is -0.397 e. The molecule has 0 fully saturated rings. The molecule has 0 saturated heterocycles. The molecular weight excluding hydrogens is 426 g/mol. The third-order valence-corrected chi connectivity index (χ3v) is 3.67. The molecule has 0 spiro atoms. The summed E-state index contributed by atoms with van der Waals surface area (Å²) in [6, 6.07) is 4.45. The standard InChI is InChI=1S/C15H10F6N6O3/c16-14(17,18)7-1-3-9(22)11(5-7)26(23)29-13(28)30-27-12-6-8(15(19,20)21)2-4-10(12)24-25-27/h1-6H,22-23H2. The first-order valence-corrected chi connectivity index (χ1v) is 7.71. The predicted molar refractivity (Wildman–Crippen MR) is 88.1 cm³/mol. The molecule has 0 saturated carbocycles. The van der Waals surface area contributed by atoms with Gasteiger partial charge in [0.05, 0.1) is 16.8 Å². The number of aromatic nitrogens is 3. The second kappa shape index (κ2) is 7.25. The summed E-state index contributed by atoms with van der Waals surface area (Å²) in [7, 11) is 0. The summed E-state index contributed by atoms with van der Waals surface area (Å²) in [5, 5.41) is 6.96. The lowest BCUT2D eigenvalue weighted by Crippen LogP contribution is -2.37. The molecule has 160 valence electrons. The Balaban J connectivity index is 1.79. The van der Waals surface area contributed by atoms with E-state index in [1.807, 2.05) is 0 Å². The molecule has 0 unspecified atom stereocenters. The number of nitrogens with two attached hydrogens (primary N) is 2. The van der Waals surface area contributed by atoms with Gasteiger partial charge in [0.15, 0.2) is 0 Å². The lowest BCUT2D eigenvalue weighted by Gasteiger charge is -2.19. The predicted octanol–water partition coefficient (Wildman–Crippen LogP) is 2.91. The molecule has 0 aliphatic heterocycles. The first-order valence-electron chi connectivity index (χ1n) is 7.71. The molecule has 15 heteroatoms. The van der Waals surface area contributed by atoms with Crippen molar-refractivity contribution in [2.24, 2.45) is 5.84 Å². The molecule has 0 aliphatic carbocycles. The van der Waals surface area contributed by atoms with E-state index < -0.39 is 35.3 Å². The molecule has 9 nitrogen and oxygen atoms in total. The van der Waals surface area contributed by atoms with Crippen LogP contribution in [0.5, 0.6) is 0 Å². The third-order valence-electron chi connectivity index (χ3n) is 3.67. The number of nitrogens with zero attached hydrogens (tertiary/aromatic N) is 4. The second-order valence-corrected chi connectivity index (χ2v) is 5.69. The number of fused-ring (bicyclic) bond motifs is 1. The van der Waals surface area contributed by atoms with Gasteiger partial charge >= 0.3 is 18.5 Å². The number of nitrogen functional groups attached to an aromatic ring is 1. The first-order chi connectivity index (χ1) is 13.9. The van der Waals surface area contributed by atoms with E-state index in [-0.39, 0.29) is 21.9 Å². The Morgan fingerprint density at radius 3 is 2.23 bits per heavy atom. The molecule has 0 radical (unpaired) electrons. The number of anilines is 2. The molecule has 1 aromatic heterocycles. The van der Waals surface area contributed by atoms with Crippen molar-refractivity contribution in [3.63, 3.8) is 0 Å². The van der Waals surface area contributed by atoms with Gasteiger partial charge in [0, 0.05) is 0 Å². The molecule has 2 aromatic carbocycles. The maximum Gasteiger partial charge on any atom is 0.561 e. The van der Waals surface area contributed by atoms with Crippen molar-refractivity contribution in [3.8, 4) is 0 Å². The van der Waals surface area contributed by atoms with Gasteiger partial charge < -0.3 is 5.73 Å². The zero-order valence-corrected chi connectivity index (χ0v) is 14.4. The van der Waals surface area contributed by atoms with Crippen molar-refractivity contribution in [2.45, 2.75) is 12.4 Å². The summed E-state index contributed by atoms with van der Waals surface area (Å²) >= 11 is 0. The molecule has 0 amide bonds. The van der Waals surface area contributed by atoms with Crippen LogP contribution in [-0.4, -0.2) is 21.3 Å². The minimum atomic E-state index is -4.72. The fourth-order valence-electron chi connectivity index (χ4n) is 2.27. The number of carbonyl (C=O) groups is 1. The van der Waals surface area contributed by atoms with Crippen LogP contribution in [0.4, 0.5) is 42.5 Å². The zero-order chi connectivity index (χ0) is 22.3. The normalized spacial score (nSPS) is 12.1. The zero-order valence-electron chi connectivity index (χ0n) is 14.4. The maximum absolute atomic E-state index is 12.8. The summed E-state index contributed by atoms with van der Waals surface area (Å²) in [4.78, 5) is 21.3. The number of alkyl halides is 6. The topological polar surface area (TPSA) is 122 Å². The first kappa shape index (κ1) is 21.0. The van der Waals surface area contributed by atoms with Crippen molar-refractivity contribution in [3.05, 3.63) is 47.5 Å². The molecule has 3 aromatic rings. The molecule has 0 aliphatic rings. The molecule has 0 atom stereocenters. The summed E-state index contributed by atoms with van der Waals surface area (Å²) in [5.41, 5.74) is 2.18. The largest absolute Gasteiger partial charge is 0.561 e. The highest BCUT2D eigenvalue weighted by atomic mass is 19.4. The average molecular weight is 436 g/mol. The molecular formula is C15H10F6N6O3. The van der Waals surface area contributed by atoms with Crippen LogP contribution in [0.3, 0.4) is 0 Å². The fourth-order valence-corrected chi connectivity index (χ4v) is 2.27. The Bertz CT molecular complexity index is 1100. The lowest BCUT2D eigenvalue weighted by atomic mass is 10.1. The van der Waals surface area contributed by atoms with Crippen molar-refractivity contribution in [1.29, 1.82) is 0 Å². The smallest absolute Gasteiger partial charge is 0.397 e. The highest BCUT2D eigenvalue weighted by Crippen LogP contribution is 2.34. The van der Waals surface area contributed by atoms with Crippen LogP contribution in [0.1, 0.15) is 11.1 Å². The van der Waals surface area contributed by atoms with Crippen LogP contribution in [0, 0.1) is 0 Å². The van der Waals surface area contributed by atoms with Crippen LogP contribution < -0.4 is 21.6 Å². The van der Waals surface area contributed by atoms with Crippen LogP contribution in [-0.2, 0) is 17.2 Å². The van der Waals surface area contributed by atoms with Gasteiger partial charge in [0.25, 0.3) is 0 Å². The van der Waals surface area contributed by atoms with Crippen molar-refractivity contribution in [1.82, 2.24) is 15.2 Å². The number of rotatable bonds is 3. The monoisotopic (exact) mass is 436 g/mol. The van der Waals surface area contributed by atoms with Gasteiger partial charge in [-0.05, 0) is 41.6 Å². The summed E-state index contributed by atoms with van der Waals surface area (Å²) < 4.78 is 76.9. The Hall–Kier alpha value is -3.75. The van der Waals surface area contributed by atoms with Gasteiger partial charge in [-0.3, -0.25) is 9.68 Å². The van der Waals surface area contributed by atoms with E-state index in [9.17, 15) is 31.1 Å². The van der Waals surface area contributed by atoms with Gasteiger partial charge in [-0.2, -0.15) is 31.1 Å². The number of carbonyl (C=O) groups excluding carboxylic acids is 1. The van der Waals surface area contributed by atoms with Crippen LogP contribution in [0.15, 0.2) is 36.4 Å². The maximum atomic E-state index is 12.8. The Morgan fingerprint density at radius 1 is 1.00 bits per heavy atom. The van der Waals surface area contributed by atoms with E-state index in [0.29, 0.717) is 23.0 Å². The van der Waals surface area contributed by atoms with Gasteiger partial charge in [0.2, 0.25) is 0 Å². The van der Waals surface area contributed by atoms with E-state index in [0.717, 1.165) is 18.2 Å². The quantitative estimate of drug-likeness (QED) is 0.211. The van der Waals surface area contributed by atoms with Crippen LogP contribution in [0.25, 0.3) is 11.0 Å². The number of halogens is 6. The molecule has 0 bridgehead atoms. The third kappa shape index (κ3) is 4.29. The van der Waals surface area contributed by atoms with Crippen LogP contribution >= 0.6 is 0 Å². The fraction of sp³-hybridized carbons (Fsp3) is 0.133. The summed E-state index contributed by atoms with van der Waals surface area (Å²) in [5.74, 6) is 5.40. The number of hydrogen-bond donors (Lipinski definition) is 2.